The summed E-state index contributed by atoms with van der Waals surface area (Å²) in [5.74, 6) is 2.13. The van der Waals surface area contributed by atoms with Gasteiger partial charge in [0.2, 0.25) is 0 Å². The summed E-state index contributed by atoms with van der Waals surface area (Å²) in [6.07, 6.45) is 4.91. The molecule has 0 unspecified atom stereocenters. The van der Waals surface area contributed by atoms with Crippen LogP contribution in [0.25, 0.3) is 0 Å². The average Bonchev–Trinajstić information content (AvgIpc) is 2.84. The summed E-state index contributed by atoms with van der Waals surface area (Å²) < 4.78 is 0.790. The molecule has 3 nitrogen and oxygen atoms in total. The number of thioether (sulfide) groups is 1. The molecule has 1 saturated carbocycles. The molecule has 18 heavy (non-hydrogen) atoms. The number of nitrogens with one attached hydrogen (secondary N) is 1. The van der Waals surface area contributed by atoms with Gasteiger partial charge in [0.25, 0.3) is 5.56 Å². The van der Waals surface area contributed by atoms with Crippen molar-refractivity contribution in [2.75, 3.05) is 0 Å². The minimum atomic E-state index is 0.0341. The van der Waals surface area contributed by atoms with Gasteiger partial charge in [-0.25, -0.2) is 4.98 Å². The van der Waals surface area contributed by atoms with E-state index in [1.807, 2.05) is 11.8 Å². The van der Waals surface area contributed by atoms with E-state index >= 15 is 0 Å². The lowest BCUT2D eigenvalue weighted by Gasteiger charge is -2.12. The standard InChI is InChI=1S/C13H19IN2OS/c1-8(2)18-7-10-15-12(9-5-3-4-6-9)11(14)13(17)16-10/h8-9H,3-7H2,1-2H3,(H,15,16,17). The van der Waals surface area contributed by atoms with Gasteiger partial charge in [0, 0.05) is 5.92 Å². The molecule has 0 bridgehead atoms. The lowest BCUT2D eigenvalue weighted by Crippen LogP contribution is -2.19. The van der Waals surface area contributed by atoms with Gasteiger partial charge in [-0.3, -0.25) is 4.79 Å². The third-order valence-corrected chi connectivity index (χ3v) is 5.38. The molecule has 1 aliphatic carbocycles. The third kappa shape index (κ3) is 3.50. The first-order valence-corrected chi connectivity index (χ1v) is 8.61. The van der Waals surface area contributed by atoms with Crippen molar-refractivity contribution in [3.8, 4) is 0 Å². The van der Waals surface area contributed by atoms with Crippen molar-refractivity contribution in [3.05, 3.63) is 25.4 Å². The Balaban J connectivity index is 2.24. The fourth-order valence-corrected chi connectivity index (χ4v) is 3.63. The monoisotopic (exact) mass is 378 g/mol. The molecule has 0 atom stereocenters. The van der Waals surface area contributed by atoms with Gasteiger partial charge in [-0.2, -0.15) is 11.8 Å². The summed E-state index contributed by atoms with van der Waals surface area (Å²) in [6.45, 7) is 4.32. The van der Waals surface area contributed by atoms with E-state index in [9.17, 15) is 4.79 Å². The van der Waals surface area contributed by atoms with Crippen molar-refractivity contribution in [2.24, 2.45) is 0 Å². The van der Waals surface area contributed by atoms with Crippen LogP contribution in [0.3, 0.4) is 0 Å². The maximum atomic E-state index is 11.9. The van der Waals surface area contributed by atoms with E-state index in [-0.39, 0.29) is 5.56 Å². The predicted octanol–water partition coefficient (Wildman–Crippen LogP) is 3.67. The molecule has 1 aromatic rings. The molecule has 0 saturated heterocycles. The third-order valence-electron chi connectivity index (χ3n) is 3.23. The highest BCUT2D eigenvalue weighted by Crippen LogP contribution is 2.34. The highest BCUT2D eigenvalue weighted by Gasteiger charge is 2.22. The summed E-state index contributed by atoms with van der Waals surface area (Å²) in [4.78, 5) is 19.6. The van der Waals surface area contributed by atoms with Crippen LogP contribution in [0.15, 0.2) is 4.79 Å². The zero-order chi connectivity index (χ0) is 13.1. The normalized spacial score (nSPS) is 16.7. The number of H-pyrrole nitrogens is 1. The quantitative estimate of drug-likeness (QED) is 0.814. The van der Waals surface area contributed by atoms with E-state index in [2.05, 4.69) is 41.4 Å². The minimum Gasteiger partial charge on any atom is -0.309 e. The smallest absolute Gasteiger partial charge is 0.264 e. The highest BCUT2D eigenvalue weighted by molar-refractivity contribution is 14.1. The van der Waals surface area contributed by atoms with E-state index < -0.39 is 0 Å². The van der Waals surface area contributed by atoms with Gasteiger partial charge in [0.15, 0.2) is 0 Å². The molecule has 0 spiro atoms. The molecule has 1 fully saturated rings. The molecule has 2 rings (SSSR count). The van der Waals surface area contributed by atoms with E-state index in [0.717, 1.165) is 20.8 Å². The second-order valence-electron chi connectivity index (χ2n) is 5.05. The fourth-order valence-electron chi connectivity index (χ4n) is 2.31. The summed E-state index contributed by atoms with van der Waals surface area (Å²) in [5.41, 5.74) is 1.07. The number of hydrogen-bond acceptors (Lipinski definition) is 3. The summed E-state index contributed by atoms with van der Waals surface area (Å²) in [5, 5.41) is 0.560. The first kappa shape index (κ1) is 14.4. The fraction of sp³-hybridized carbons (Fsp3) is 0.692. The SMILES string of the molecule is CC(C)SCc1nc(C2CCCC2)c(I)c(=O)[nH]1. The van der Waals surface area contributed by atoms with E-state index in [0.29, 0.717) is 11.2 Å². The van der Waals surface area contributed by atoms with Crippen LogP contribution in [-0.4, -0.2) is 15.2 Å². The number of halogens is 1. The molecule has 1 aliphatic rings. The highest BCUT2D eigenvalue weighted by atomic mass is 127. The Bertz CT molecular complexity index is 467. The number of aromatic amines is 1. The zero-order valence-electron chi connectivity index (χ0n) is 10.8. The van der Waals surface area contributed by atoms with Crippen LogP contribution in [0.2, 0.25) is 0 Å². The minimum absolute atomic E-state index is 0.0341. The molecular formula is C13H19IN2OS. The number of hydrogen-bond donors (Lipinski definition) is 1. The van der Waals surface area contributed by atoms with Crippen molar-refractivity contribution >= 4 is 34.4 Å². The number of aromatic nitrogens is 2. The van der Waals surface area contributed by atoms with Gasteiger partial charge >= 0.3 is 0 Å². The van der Waals surface area contributed by atoms with E-state index in [1.54, 1.807) is 0 Å². The van der Waals surface area contributed by atoms with Gasteiger partial charge in [-0.1, -0.05) is 26.7 Å². The zero-order valence-corrected chi connectivity index (χ0v) is 13.8. The molecule has 0 aromatic carbocycles. The maximum absolute atomic E-state index is 11.9. The summed E-state index contributed by atoms with van der Waals surface area (Å²) in [6, 6.07) is 0. The van der Waals surface area contributed by atoms with Crippen LogP contribution < -0.4 is 5.56 Å². The second kappa shape index (κ2) is 6.41. The Labute approximate surface area is 126 Å². The van der Waals surface area contributed by atoms with Gasteiger partial charge in [-0.05, 0) is 40.7 Å². The molecular weight excluding hydrogens is 359 g/mol. The molecule has 5 heteroatoms. The molecule has 0 amide bonds. The first-order chi connectivity index (χ1) is 8.58. The second-order valence-corrected chi connectivity index (χ2v) is 7.70. The molecule has 0 aliphatic heterocycles. The Kier molecular flexibility index (Phi) is 5.12. The van der Waals surface area contributed by atoms with E-state index in [1.165, 1.54) is 25.7 Å². The maximum Gasteiger partial charge on any atom is 0.264 e. The van der Waals surface area contributed by atoms with Crippen molar-refractivity contribution in [1.82, 2.24) is 9.97 Å². The molecule has 100 valence electrons. The summed E-state index contributed by atoms with van der Waals surface area (Å²) in [7, 11) is 0. The Morgan fingerprint density at radius 3 is 2.72 bits per heavy atom. The van der Waals surface area contributed by atoms with Crippen LogP contribution >= 0.6 is 34.4 Å². The molecule has 0 radical (unpaired) electrons. The molecule has 1 heterocycles. The molecule has 1 aromatic heterocycles. The Hall–Kier alpha value is -0.0400. The van der Waals surface area contributed by atoms with Crippen molar-refractivity contribution in [2.45, 2.75) is 56.5 Å². The van der Waals surface area contributed by atoms with Crippen molar-refractivity contribution in [3.63, 3.8) is 0 Å². The number of nitrogens with zero attached hydrogens (tertiary/aromatic N) is 1. The molecule has 1 N–H and O–H groups in total. The van der Waals surface area contributed by atoms with Crippen molar-refractivity contribution in [1.29, 1.82) is 0 Å². The average molecular weight is 378 g/mol. The number of rotatable bonds is 4. The lowest BCUT2D eigenvalue weighted by atomic mass is 10.0. The van der Waals surface area contributed by atoms with Gasteiger partial charge in [0.05, 0.1) is 15.0 Å². The van der Waals surface area contributed by atoms with Crippen molar-refractivity contribution < 1.29 is 0 Å². The van der Waals surface area contributed by atoms with Crippen LogP contribution in [0.4, 0.5) is 0 Å². The predicted molar refractivity (Wildman–Crippen MR) is 85.2 cm³/mol. The van der Waals surface area contributed by atoms with Crippen LogP contribution in [0.1, 0.15) is 57.0 Å². The Morgan fingerprint density at radius 2 is 2.11 bits per heavy atom. The van der Waals surface area contributed by atoms with Gasteiger partial charge in [0.1, 0.15) is 5.82 Å². The van der Waals surface area contributed by atoms with Crippen LogP contribution in [0, 0.1) is 3.57 Å². The van der Waals surface area contributed by atoms with Gasteiger partial charge in [-0.15, -0.1) is 0 Å². The first-order valence-electron chi connectivity index (χ1n) is 6.48. The topological polar surface area (TPSA) is 45.8 Å². The largest absolute Gasteiger partial charge is 0.309 e. The van der Waals surface area contributed by atoms with Crippen LogP contribution in [0.5, 0.6) is 0 Å². The van der Waals surface area contributed by atoms with E-state index in [4.69, 9.17) is 4.98 Å². The lowest BCUT2D eigenvalue weighted by molar-refractivity contribution is 0.679. The Morgan fingerprint density at radius 1 is 1.44 bits per heavy atom. The van der Waals surface area contributed by atoms with Gasteiger partial charge < -0.3 is 4.98 Å². The summed E-state index contributed by atoms with van der Waals surface area (Å²) >= 11 is 3.96. The van der Waals surface area contributed by atoms with Crippen LogP contribution in [-0.2, 0) is 5.75 Å².